The number of aryl methyl sites for hydroxylation is 1. The van der Waals surface area contributed by atoms with Crippen molar-refractivity contribution in [3.05, 3.63) is 16.1 Å². The average Bonchev–Trinajstić information content (AvgIpc) is 2.63. The Bertz CT molecular complexity index is 353. The fourth-order valence-corrected chi connectivity index (χ4v) is 3.23. The molecular weight excluding hydrogens is 232 g/mol. The number of rotatable bonds is 3. The third-order valence-corrected chi connectivity index (χ3v) is 4.55. The Morgan fingerprint density at radius 1 is 1.41 bits per heavy atom. The molecule has 1 saturated carbocycles. The minimum absolute atomic E-state index is 0.194. The molecule has 1 fully saturated rings. The van der Waals surface area contributed by atoms with Crippen LogP contribution in [0.25, 0.3) is 0 Å². The van der Waals surface area contributed by atoms with E-state index in [1.165, 1.54) is 17.7 Å². The predicted octanol–water partition coefficient (Wildman–Crippen LogP) is 2.80. The van der Waals surface area contributed by atoms with Gasteiger partial charge < -0.3 is 10.4 Å². The molecule has 1 heterocycles. The van der Waals surface area contributed by atoms with Gasteiger partial charge in [0.15, 0.2) is 0 Å². The third-order valence-electron chi connectivity index (χ3n) is 3.45. The van der Waals surface area contributed by atoms with Gasteiger partial charge in [0.1, 0.15) is 5.01 Å². The lowest BCUT2D eigenvalue weighted by Crippen LogP contribution is -2.40. The first-order valence-corrected chi connectivity index (χ1v) is 7.35. The molecule has 0 saturated heterocycles. The van der Waals surface area contributed by atoms with Crippen LogP contribution < -0.4 is 5.32 Å². The lowest BCUT2D eigenvalue weighted by Gasteiger charge is -2.25. The standard InChI is InChI=1S/C13H22N2OS/c1-9-8-14-13(17-9)10(2)15-11-6-4-3-5-7-12(11)16/h8,10-12,15-16H,3-7H2,1-2H3. The van der Waals surface area contributed by atoms with Crippen LogP contribution in [0.15, 0.2) is 6.20 Å². The molecular formula is C13H22N2OS. The number of aliphatic hydroxyl groups excluding tert-OH is 1. The summed E-state index contributed by atoms with van der Waals surface area (Å²) in [4.78, 5) is 5.65. The molecule has 1 aromatic heterocycles. The van der Waals surface area contributed by atoms with Crippen molar-refractivity contribution >= 4 is 11.3 Å². The van der Waals surface area contributed by atoms with E-state index in [1.54, 1.807) is 11.3 Å². The van der Waals surface area contributed by atoms with Crippen LogP contribution in [0.4, 0.5) is 0 Å². The zero-order valence-electron chi connectivity index (χ0n) is 10.6. The van der Waals surface area contributed by atoms with E-state index in [0.29, 0.717) is 0 Å². The van der Waals surface area contributed by atoms with Gasteiger partial charge in [-0.2, -0.15) is 0 Å². The Morgan fingerprint density at radius 2 is 2.18 bits per heavy atom. The van der Waals surface area contributed by atoms with Crippen molar-refractivity contribution in [3.63, 3.8) is 0 Å². The first-order valence-electron chi connectivity index (χ1n) is 6.53. The molecule has 1 aromatic rings. The number of nitrogens with zero attached hydrogens (tertiary/aromatic N) is 1. The Morgan fingerprint density at radius 3 is 2.88 bits per heavy atom. The van der Waals surface area contributed by atoms with Gasteiger partial charge in [0.05, 0.1) is 12.1 Å². The van der Waals surface area contributed by atoms with Gasteiger partial charge in [-0.25, -0.2) is 4.98 Å². The first kappa shape index (κ1) is 13.0. The molecule has 17 heavy (non-hydrogen) atoms. The van der Waals surface area contributed by atoms with Gasteiger partial charge in [-0.05, 0) is 26.7 Å². The fraction of sp³-hybridized carbons (Fsp3) is 0.769. The topological polar surface area (TPSA) is 45.2 Å². The molecule has 0 radical (unpaired) electrons. The van der Waals surface area contributed by atoms with Crippen LogP contribution in [0.2, 0.25) is 0 Å². The number of hydrogen-bond donors (Lipinski definition) is 2. The van der Waals surface area contributed by atoms with Crippen LogP contribution in [0.3, 0.4) is 0 Å². The van der Waals surface area contributed by atoms with E-state index >= 15 is 0 Å². The summed E-state index contributed by atoms with van der Waals surface area (Å²) in [5, 5.41) is 14.7. The average molecular weight is 254 g/mol. The van der Waals surface area contributed by atoms with Gasteiger partial charge in [0, 0.05) is 17.1 Å². The smallest absolute Gasteiger partial charge is 0.109 e. The van der Waals surface area contributed by atoms with E-state index in [-0.39, 0.29) is 18.2 Å². The Balaban J connectivity index is 1.94. The van der Waals surface area contributed by atoms with Crippen molar-refractivity contribution in [2.24, 2.45) is 0 Å². The Hall–Kier alpha value is -0.450. The fourth-order valence-electron chi connectivity index (χ4n) is 2.45. The highest BCUT2D eigenvalue weighted by atomic mass is 32.1. The number of nitrogens with one attached hydrogen (secondary N) is 1. The minimum atomic E-state index is -0.194. The quantitative estimate of drug-likeness (QED) is 0.815. The Kier molecular flexibility index (Phi) is 4.54. The summed E-state index contributed by atoms with van der Waals surface area (Å²) < 4.78 is 0. The van der Waals surface area contributed by atoms with E-state index in [9.17, 15) is 5.11 Å². The highest BCUT2D eigenvalue weighted by Gasteiger charge is 2.23. The van der Waals surface area contributed by atoms with Crippen molar-refractivity contribution in [2.45, 2.75) is 64.1 Å². The number of aliphatic hydroxyl groups is 1. The molecule has 1 aliphatic rings. The minimum Gasteiger partial charge on any atom is -0.392 e. The molecule has 3 atom stereocenters. The summed E-state index contributed by atoms with van der Waals surface area (Å²) in [7, 11) is 0. The van der Waals surface area contributed by atoms with Crippen LogP contribution in [-0.4, -0.2) is 22.2 Å². The van der Waals surface area contributed by atoms with Gasteiger partial charge in [-0.15, -0.1) is 11.3 Å². The maximum absolute atomic E-state index is 10.1. The molecule has 96 valence electrons. The number of aromatic nitrogens is 1. The highest BCUT2D eigenvalue weighted by molar-refractivity contribution is 7.11. The van der Waals surface area contributed by atoms with Crippen molar-refractivity contribution in [1.82, 2.24) is 10.3 Å². The molecule has 1 aliphatic carbocycles. The zero-order valence-corrected chi connectivity index (χ0v) is 11.5. The van der Waals surface area contributed by atoms with Crippen molar-refractivity contribution < 1.29 is 5.11 Å². The lowest BCUT2D eigenvalue weighted by atomic mass is 10.1. The van der Waals surface area contributed by atoms with E-state index in [0.717, 1.165) is 24.3 Å². The molecule has 0 spiro atoms. The summed E-state index contributed by atoms with van der Waals surface area (Å²) in [6.07, 6.45) is 7.36. The van der Waals surface area contributed by atoms with Crippen LogP contribution >= 0.6 is 11.3 Å². The van der Waals surface area contributed by atoms with Crippen LogP contribution in [0, 0.1) is 6.92 Å². The van der Waals surface area contributed by atoms with Crippen molar-refractivity contribution in [1.29, 1.82) is 0 Å². The number of hydrogen-bond acceptors (Lipinski definition) is 4. The highest BCUT2D eigenvalue weighted by Crippen LogP contribution is 2.23. The Labute approximate surface area is 107 Å². The van der Waals surface area contributed by atoms with Crippen LogP contribution in [0.5, 0.6) is 0 Å². The van der Waals surface area contributed by atoms with Gasteiger partial charge in [-0.3, -0.25) is 0 Å². The molecule has 0 aromatic carbocycles. The molecule has 2 rings (SSSR count). The lowest BCUT2D eigenvalue weighted by molar-refractivity contribution is 0.115. The third kappa shape index (κ3) is 3.50. The second kappa shape index (κ2) is 5.94. The summed E-state index contributed by atoms with van der Waals surface area (Å²) in [5.74, 6) is 0. The molecule has 2 N–H and O–H groups in total. The van der Waals surface area contributed by atoms with E-state index in [4.69, 9.17) is 0 Å². The van der Waals surface area contributed by atoms with E-state index in [1.807, 2.05) is 6.20 Å². The van der Waals surface area contributed by atoms with Crippen molar-refractivity contribution in [2.75, 3.05) is 0 Å². The van der Waals surface area contributed by atoms with Gasteiger partial charge in [-0.1, -0.05) is 19.3 Å². The van der Waals surface area contributed by atoms with Gasteiger partial charge in [0.2, 0.25) is 0 Å². The summed E-state index contributed by atoms with van der Waals surface area (Å²) >= 11 is 1.74. The summed E-state index contributed by atoms with van der Waals surface area (Å²) in [6, 6.07) is 0.475. The number of thiazole rings is 1. The van der Waals surface area contributed by atoms with Crippen molar-refractivity contribution in [3.8, 4) is 0 Å². The molecule has 4 heteroatoms. The van der Waals surface area contributed by atoms with Gasteiger partial charge in [0.25, 0.3) is 0 Å². The van der Waals surface area contributed by atoms with E-state index < -0.39 is 0 Å². The predicted molar refractivity (Wildman–Crippen MR) is 71.3 cm³/mol. The second-order valence-electron chi connectivity index (χ2n) is 5.01. The van der Waals surface area contributed by atoms with Crippen LogP contribution in [-0.2, 0) is 0 Å². The summed E-state index contributed by atoms with van der Waals surface area (Å²) in [6.45, 7) is 4.21. The SMILES string of the molecule is Cc1cnc(C(C)NC2CCCCCC2O)s1. The monoisotopic (exact) mass is 254 g/mol. The van der Waals surface area contributed by atoms with Crippen LogP contribution in [0.1, 0.15) is 55.0 Å². The largest absolute Gasteiger partial charge is 0.392 e. The zero-order chi connectivity index (χ0) is 12.3. The maximum atomic E-state index is 10.1. The van der Waals surface area contributed by atoms with E-state index in [2.05, 4.69) is 24.1 Å². The normalized spacial score (nSPS) is 27.7. The molecule has 0 amide bonds. The summed E-state index contributed by atoms with van der Waals surface area (Å²) in [5.41, 5.74) is 0. The first-order chi connectivity index (χ1) is 8.16. The second-order valence-corrected chi connectivity index (χ2v) is 6.28. The molecule has 3 nitrogen and oxygen atoms in total. The molecule has 0 aliphatic heterocycles. The van der Waals surface area contributed by atoms with Gasteiger partial charge >= 0.3 is 0 Å². The molecule has 0 bridgehead atoms. The molecule has 3 unspecified atom stereocenters. The maximum Gasteiger partial charge on any atom is 0.109 e.